The van der Waals surface area contributed by atoms with Crippen LogP contribution >= 0.6 is 0 Å². The van der Waals surface area contributed by atoms with Crippen LogP contribution in [0.1, 0.15) is 5.89 Å². The molecular formula is C8H7N3O. The Labute approximate surface area is 69.3 Å². The maximum absolute atomic E-state index is 5.27. The molecule has 60 valence electrons. The van der Waals surface area contributed by atoms with Crippen LogP contribution in [-0.4, -0.2) is 15.0 Å². The van der Waals surface area contributed by atoms with E-state index in [1.54, 1.807) is 25.4 Å². The smallest absolute Gasteiger partial charge is 0.191 e. The van der Waals surface area contributed by atoms with E-state index in [0.29, 0.717) is 11.7 Å². The highest BCUT2D eigenvalue weighted by molar-refractivity contribution is 5.48. The van der Waals surface area contributed by atoms with Crippen LogP contribution < -0.4 is 0 Å². The zero-order chi connectivity index (χ0) is 8.39. The van der Waals surface area contributed by atoms with Crippen LogP contribution in [0.15, 0.2) is 29.2 Å². The highest BCUT2D eigenvalue weighted by Gasteiger charge is 2.02. The minimum Gasteiger partial charge on any atom is -0.439 e. The van der Waals surface area contributed by atoms with E-state index in [1.807, 2.05) is 0 Å². The van der Waals surface area contributed by atoms with Crippen molar-refractivity contribution in [1.82, 2.24) is 15.0 Å². The Morgan fingerprint density at radius 1 is 1.33 bits per heavy atom. The van der Waals surface area contributed by atoms with Gasteiger partial charge in [0.05, 0.1) is 6.20 Å². The van der Waals surface area contributed by atoms with Gasteiger partial charge in [-0.05, 0) is 6.07 Å². The monoisotopic (exact) mass is 161 g/mol. The first-order valence-corrected chi connectivity index (χ1v) is 3.55. The normalized spacial score (nSPS) is 10.1. The molecule has 0 aliphatic carbocycles. The summed E-state index contributed by atoms with van der Waals surface area (Å²) in [6.45, 7) is 1.80. The minimum atomic E-state index is 0.642. The van der Waals surface area contributed by atoms with E-state index in [9.17, 15) is 0 Å². The van der Waals surface area contributed by atoms with Gasteiger partial charge in [0.25, 0.3) is 0 Å². The topological polar surface area (TPSA) is 51.8 Å². The molecule has 0 bridgehead atoms. The van der Waals surface area contributed by atoms with Crippen molar-refractivity contribution < 1.29 is 4.42 Å². The summed E-state index contributed by atoms with van der Waals surface area (Å²) in [5, 5.41) is 0. The lowest BCUT2D eigenvalue weighted by molar-refractivity contribution is 0.532. The van der Waals surface area contributed by atoms with Gasteiger partial charge < -0.3 is 4.42 Å². The number of aromatic nitrogens is 3. The Morgan fingerprint density at radius 3 is 2.83 bits per heavy atom. The molecule has 0 atom stereocenters. The summed E-state index contributed by atoms with van der Waals surface area (Å²) >= 11 is 0. The van der Waals surface area contributed by atoms with Gasteiger partial charge in [0.2, 0.25) is 0 Å². The third-order valence-electron chi connectivity index (χ3n) is 1.46. The molecule has 0 saturated heterocycles. The second kappa shape index (κ2) is 2.73. The highest BCUT2D eigenvalue weighted by atomic mass is 16.4. The van der Waals surface area contributed by atoms with Crippen LogP contribution in [0.3, 0.4) is 0 Å². The third kappa shape index (κ3) is 1.18. The SMILES string of the molecule is Cc1ncc(-c2ccncn2)o1. The minimum absolute atomic E-state index is 0.642. The van der Waals surface area contributed by atoms with Crippen LogP contribution in [-0.2, 0) is 0 Å². The molecule has 0 amide bonds. The van der Waals surface area contributed by atoms with Gasteiger partial charge in [-0.3, -0.25) is 0 Å². The maximum atomic E-state index is 5.27. The maximum Gasteiger partial charge on any atom is 0.191 e. The summed E-state index contributed by atoms with van der Waals surface area (Å²) in [4.78, 5) is 11.8. The summed E-state index contributed by atoms with van der Waals surface area (Å²) < 4.78 is 5.27. The van der Waals surface area contributed by atoms with E-state index in [2.05, 4.69) is 15.0 Å². The van der Waals surface area contributed by atoms with Crippen molar-refractivity contribution in [1.29, 1.82) is 0 Å². The highest BCUT2D eigenvalue weighted by Crippen LogP contribution is 2.15. The van der Waals surface area contributed by atoms with Crippen molar-refractivity contribution in [3.05, 3.63) is 30.7 Å². The van der Waals surface area contributed by atoms with Gasteiger partial charge in [0.15, 0.2) is 11.7 Å². The lowest BCUT2D eigenvalue weighted by atomic mass is 10.3. The first kappa shape index (κ1) is 6.97. The number of oxazole rings is 1. The average Bonchev–Trinajstić information content (AvgIpc) is 2.54. The van der Waals surface area contributed by atoms with E-state index in [0.717, 1.165) is 5.69 Å². The average molecular weight is 161 g/mol. The van der Waals surface area contributed by atoms with Gasteiger partial charge in [-0.15, -0.1) is 0 Å². The number of nitrogens with zero attached hydrogens (tertiary/aromatic N) is 3. The third-order valence-corrected chi connectivity index (χ3v) is 1.46. The predicted octanol–water partition coefficient (Wildman–Crippen LogP) is 1.44. The standard InChI is InChI=1S/C8H7N3O/c1-6-10-4-8(12-6)7-2-3-9-5-11-7/h2-5H,1H3. The fourth-order valence-electron chi connectivity index (χ4n) is 0.916. The first-order valence-electron chi connectivity index (χ1n) is 3.55. The van der Waals surface area contributed by atoms with E-state index < -0.39 is 0 Å². The van der Waals surface area contributed by atoms with Crippen LogP contribution in [0, 0.1) is 6.92 Å². The Morgan fingerprint density at radius 2 is 2.25 bits per heavy atom. The molecule has 0 unspecified atom stereocenters. The number of hydrogen-bond acceptors (Lipinski definition) is 4. The lowest BCUT2D eigenvalue weighted by Gasteiger charge is -1.90. The summed E-state index contributed by atoms with van der Waals surface area (Å²) in [6.07, 6.45) is 4.80. The molecule has 2 aromatic heterocycles. The Kier molecular flexibility index (Phi) is 1.59. The molecule has 0 spiro atoms. The molecule has 12 heavy (non-hydrogen) atoms. The van der Waals surface area contributed by atoms with E-state index in [-0.39, 0.29) is 0 Å². The van der Waals surface area contributed by atoms with E-state index in [1.165, 1.54) is 6.33 Å². The fourth-order valence-corrected chi connectivity index (χ4v) is 0.916. The van der Waals surface area contributed by atoms with Crippen molar-refractivity contribution in [3.63, 3.8) is 0 Å². The van der Waals surface area contributed by atoms with Crippen molar-refractivity contribution in [3.8, 4) is 11.5 Å². The second-order valence-corrected chi connectivity index (χ2v) is 2.34. The largest absolute Gasteiger partial charge is 0.439 e. The van der Waals surface area contributed by atoms with Crippen molar-refractivity contribution in [2.75, 3.05) is 0 Å². The number of aryl methyl sites for hydroxylation is 1. The Hall–Kier alpha value is -1.71. The summed E-state index contributed by atoms with van der Waals surface area (Å²) in [6, 6.07) is 1.78. The molecule has 2 aromatic rings. The molecule has 0 N–H and O–H groups in total. The molecule has 0 saturated carbocycles. The van der Waals surface area contributed by atoms with E-state index >= 15 is 0 Å². The zero-order valence-corrected chi connectivity index (χ0v) is 6.56. The van der Waals surface area contributed by atoms with E-state index in [4.69, 9.17) is 4.42 Å². The summed E-state index contributed by atoms with van der Waals surface area (Å²) in [5.41, 5.74) is 0.755. The molecule has 0 aliphatic heterocycles. The summed E-state index contributed by atoms with van der Waals surface area (Å²) in [5.74, 6) is 1.32. The number of hydrogen-bond donors (Lipinski definition) is 0. The van der Waals surface area contributed by atoms with Gasteiger partial charge in [0, 0.05) is 13.1 Å². The summed E-state index contributed by atoms with van der Waals surface area (Å²) in [7, 11) is 0. The van der Waals surface area contributed by atoms with Gasteiger partial charge in [-0.1, -0.05) is 0 Å². The van der Waals surface area contributed by atoms with Crippen LogP contribution in [0.25, 0.3) is 11.5 Å². The number of rotatable bonds is 1. The zero-order valence-electron chi connectivity index (χ0n) is 6.56. The Balaban J connectivity index is 2.45. The molecule has 4 nitrogen and oxygen atoms in total. The van der Waals surface area contributed by atoms with Crippen molar-refractivity contribution in [2.45, 2.75) is 6.92 Å². The molecule has 0 aromatic carbocycles. The van der Waals surface area contributed by atoms with Gasteiger partial charge in [0.1, 0.15) is 12.0 Å². The van der Waals surface area contributed by atoms with Gasteiger partial charge >= 0.3 is 0 Å². The van der Waals surface area contributed by atoms with Gasteiger partial charge in [-0.2, -0.15) is 0 Å². The molecule has 0 fully saturated rings. The van der Waals surface area contributed by atoms with Gasteiger partial charge in [-0.25, -0.2) is 15.0 Å². The van der Waals surface area contributed by atoms with Crippen LogP contribution in [0.4, 0.5) is 0 Å². The van der Waals surface area contributed by atoms with Crippen molar-refractivity contribution in [2.24, 2.45) is 0 Å². The van der Waals surface area contributed by atoms with Crippen LogP contribution in [0.2, 0.25) is 0 Å². The molecule has 0 radical (unpaired) electrons. The van der Waals surface area contributed by atoms with Crippen LogP contribution in [0.5, 0.6) is 0 Å². The fraction of sp³-hybridized carbons (Fsp3) is 0.125. The molecule has 4 heteroatoms. The molecule has 0 aliphatic rings. The first-order chi connectivity index (χ1) is 5.86. The quantitative estimate of drug-likeness (QED) is 0.635. The van der Waals surface area contributed by atoms with Crippen molar-refractivity contribution >= 4 is 0 Å². The Bertz CT molecular complexity index is 369. The predicted molar refractivity (Wildman–Crippen MR) is 42.3 cm³/mol. The molecule has 2 rings (SSSR count). The lowest BCUT2D eigenvalue weighted by Crippen LogP contribution is -1.80. The molecular weight excluding hydrogens is 154 g/mol. The second-order valence-electron chi connectivity index (χ2n) is 2.34. The molecule has 2 heterocycles.